The maximum absolute atomic E-state index is 12.3. The molecule has 0 saturated heterocycles. The summed E-state index contributed by atoms with van der Waals surface area (Å²) >= 11 is 0. The Kier molecular flexibility index (Phi) is 3.78. The zero-order valence-electron chi connectivity index (χ0n) is 14.3. The number of nitrogens with one attached hydrogen (secondary N) is 1. The van der Waals surface area contributed by atoms with Crippen LogP contribution in [0.4, 0.5) is 5.82 Å². The zero-order chi connectivity index (χ0) is 17.6. The number of hydrogen-bond donors (Lipinski definition) is 2. The normalized spacial score (nSPS) is 19.0. The summed E-state index contributed by atoms with van der Waals surface area (Å²) in [6, 6.07) is 3.51. The molecule has 0 saturated carbocycles. The Labute approximate surface area is 145 Å². The molecule has 0 unspecified atom stereocenters. The van der Waals surface area contributed by atoms with E-state index < -0.39 is 0 Å². The van der Waals surface area contributed by atoms with Crippen LogP contribution in [0.2, 0.25) is 0 Å². The predicted octanol–water partition coefficient (Wildman–Crippen LogP) is 2.42. The molecule has 3 heterocycles. The number of phenolic OH excluding ortho intramolecular Hbond substituents is 1. The highest BCUT2D eigenvalue weighted by Gasteiger charge is 2.34. The van der Waals surface area contributed by atoms with Gasteiger partial charge in [0.15, 0.2) is 11.5 Å². The number of aromatic hydroxyl groups is 1. The van der Waals surface area contributed by atoms with Gasteiger partial charge in [0, 0.05) is 25.3 Å². The molecule has 0 aliphatic carbocycles. The Bertz CT molecular complexity index is 818. The fourth-order valence-corrected chi connectivity index (χ4v) is 3.73. The molecule has 7 nitrogen and oxygen atoms in total. The van der Waals surface area contributed by atoms with Crippen molar-refractivity contribution >= 4 is 11.7 Å². The van der Waals surface area contributed by atoms with Crippen LogP contribution in [0.15, 0.2) is 12.1 Å². The standard InChI is InChI=1S/C18H21N3O4/c1-24-12-7-10(8-13(25-2)17(12)23)11-9-15(22)20-18-16(11)19-14-5-3-4-6-21(14)18/h7-8,11,23H,3-6,9H2,1-2H3,(H,20,22)/t11-/m1/s1. The lowest BCUT2D eigenvalue weighted by Gasteiger charge is -2.24. The highest BCUT2D eigenvalue weighted by molar-refractivity contribution is 5.94. The summed E-state index contributed by atoms with van der Waals surface area (Å²) in [5.41, 5.74) is 1.73. The van der Waals surface area contributed by atoms with Gasteiger partial charge in [-0.1, -0.05) is 0 Å². The maximum atomic E-state index is 12.3. The van der Waals surface area contributed by atoms with Gasteiger partial charge in [-0.15, -0.1) is 0 Å². The van der Waals surface area contributed by atoms with Gasteiger partial charge in [-0.05, 0) is 30.5 Å². The number of nitrogens with zero attached hydrogens (tertiary/aromatic N) is 2. The molecular formula is C18H21N3O4. The average Bonchev–Trinajstić information content (AvgIpc) is 3.00. The van der Waals surface area contributed by atoms with Crippen molar-refractivity contribution in [1.82, 2.24) is 9.55 Å². The van der Waals surface area contributed by atoms with E-state index in [1.165, 1.54) is 14.2 Å². The van der Waals surface area contributed by atoms with Gasteiger partial charge in [0.2, 0.25) is 11.7 Å². The average molecular weight is 343 g/mol. The van der Waals surface area contributed by atoms with Gasteiger partial charge >= 0.3 is 0 Å². The van der Waals surface area contributed by atoms with Gasteiger partial charge in [-0.2, -0.15) is 0 Å². The predicted molar refractivity (Wildman–Crippen MR) is 91.5 cm³/mol. The maximum Gasteiger partial charge on any atom is 0.226 e. The van der Waals surface area contributed by atoms with Crippen molar-refractivity contribution in [3.8, 4) is 17.2 Å². The van der Waals surface area contributed by atoms with E-state index in [-0.39, 0.29) is 17.6 Å². The molecule has 1 aromatic heterocycles. The van der Waals surface area contributed by atoms with Gasteiger partial charge in [0.05, 0.1) is 19.9 Å². The van der Waals surface area contributed by atoms with Crippen LogP contribution >= 0.6 is 0 Å². The highest BCUT2D eigenvalue weighted by Crippen LogP contribution is 2.44. The third-order valence-corrected chi connectivity index (χ3v) is 4.99. The second kappa shape index (κ2) is 5.98. The van der Waals surface area contributed by atoms with Crippen molar-refractivity contribution in [1.29, 1.82) is 0 Å². The number of ether oxygens (including phenoxy) is 2. The molecule has 7 heteroatoms. The summed E-state index contributed by atoms with van der Waals surface area (Å²) in [6.45, 7) is 0.882. The lowest BCUT2D eigenvalue weighted by molar-refractivity contribution is -0.116. The summed E-state index contributed by atoms with van der Waals surface area (Å²) in [6.07, 6.45) is 3.45. The van der Waals surface area contributed by atoms with Crippen LogP contribution in [0.1, 0.15) is 42.3 Å². The van der Waals surface area contributed by atoms with E-state index >= 15 is 0 Å². The van der Waals surface area contributed by atoms with Crippen molar-refractivity contribution in [3.05, 3.63) is 29.2 Å². The van der Waals surface area contributed by atoms with Gasteiger partial charge in [0.25, 0.3) is 0 Å². The molecule has 0 bridgehead atoms. The van der Waals surface area contributed by atoms with Crippen molar-refractivity contribution in [2.75, 3.05) is 19.5 Å². The molecule has 0 spiro atoms. The fraction of sp³-hybridized carbons (Fsp3) is 0.444. The van der Waals surface area contributed by atoms with E-state index in [1.54, 1.807) is 12.1 Å². The number of carbonyl (C=O) groups excluding carboxylic acids is 1. The summed E-state index contributed by atoms with van der Waals surface area (Å²) in [5, 5.41) is 13.1. The van der Waals surface area contributed by atoms with Crippen LogP contribution < -0.4 is 14.8 Å². The minimum absolute atomic E-state index is 0.0308. The first-order chi connectivity index (χ1) is 12.1. The Morgan fingerprint density at radius 2 is 1.96 bits per heavy atom. The van der Waals surface area contributed by atoms with Gasteiger partial charge in [-0.25, -0.2) is 4.98 Å². The first kappa shape index (κ1) is 15.8. The topological polar surface area (TPSA) is 85.6 Å². The van der Waals surface area contributed by atoms with Crippen LogP contribution in [-0.4, -0.2) is 34.8 Å². The van der Waals surface area contributed by atoms with Crippen LogP contribution in [0.5, 0.6) is 17.2 Å². The molecule has 25 heavy (non-hydrogen) atoms. The second-order valence-corrected chi connectivity index (χ2v) is 6.45. The van der Waals surface area contributed by atoms with E-state index in [9.17, 15) is 9.90 Å². The molecule has 1 amide bonds. The third kappa shape index (κ3) is 2.50. The van der Waals surface area contributed by atoms with Gasteiger partial charge in [-0.3, -0.25) is 4.79 Å². The van der Waals surface area contributed by atoms with Gasteiger partial charge < -0.3 is 24.5 Å². The van der Waals surface area contributed by atoms with Crippen molar-refractivity contribution in [3.63, 3.8) is 0 Å². The van der Waals surface area contributed by atoms with E-state index in [1.807, 2.05) is 0 Å². The molecular weight excluding hydrogens is 322 g/mol. The van der Waals surface area contributed by atoms with E-state index in [4.69, 9.17) is 14.5 Å². The summed E-state index contributed by atoms with van der Waals surface area (Å²) in [4.78, 5) is 17.1. The summed E-state index contributed by atoms with van der Waals surface area (Å²) in [5.74, 6) is 2.22. The lowest BCUT2D eigenvalue weighted by Crippen LogP contribution is -2.25. The molecule has 132 valence electrons. The third-order valence-electron chi connectivity index (χ3n) is 4.99. The molecule has 2 aromatic rings. The van der Waals surface area contributed by atoms with Crippen LogP contribution in [-0.2, 0) is 17.8 Å². The number of hydrogen-bond acceptors (Lipinski definition) is 5. The lowest BCUT2D eigenvalue weighted by atomic mass is 9.89. The Balaban J connectivity index is 1.85. The number of amides is 1. The number of aryl methyl sites for hydroxylation is 1. The van der Waals surface area contributed by atoms with Crippen molar-refractivity contribution in [2.45, 2.75) is 38.1 Å². The van der Waals surface area contributed by atoms with Crippen LogP contribution in [0, 0.1) is 0 Å². The van der Waals surface area contributed by atoms with E-state index in [2.05, 4.69) is 9.88 Å². The molecule has 2 aliphatic rings. The minimum Gasteiger partial charge on any atom is -0.502 e. The zero-order valence-corrected chi connectivity index (χ0v) is 14.3. The van der Waals surface area contributed by atoms with Crippen LogP contribution in [0.25, 0.3) is 0 Å². The smallest absolute Gasteiger partial charge is 0.226 e. The van der Waals surface area contributed by atoms with E-state index in [0.717, 1.165) is 48.7 Å². The Morgan fingerprint density at radius 1 is 1.24 bits per heavy atom. The number of imidazole rings is 1. The number of fused-ring (bicyclic) bond motifs is 3. The largest absolute Gasteiger partial charge is 0.502 e. The first-order valence-corrected chi connectivity index (χ1v) is 8.46. The fourth-order valence-electron chi connectivity index (χ4n) is 3.73. The monoisotopic (exact) mass is 343 g/mol. The summed E-state index contributed by atoms with van der Waals surface area (Å²) in [7, 11) is 2.99. The van der Waals surface area contributed by atoms with Crippen LogP contribution in [0.3, 0.4) is 0 Å². The SMILES string of the molecule is COc1cc([C@H]2CC(=O)Nc3c2nc2n3CCCC2)cc(OC)c1O. The Morgan fingerprint density at radius 3 is 2.64 bits per heavy atom. The van der Waals surface area contributed by atoms with Crippen molar-refractivity contribution < 1.29 is 19.4 Å². The molecule has 1 atom stereocenters. The number of phenols is 1. The quantitative estimate of drug-likeness (QED) is 0.894. The molecule has 1 aromatic carbocycles. The molecule has 2 aliphatic heterocycles. The Hall–Kier alpha value is -2.70. The number of methoxy groups -OCH3 is 2. The molecule has 2 N–H and O–H groups in total. The molecule has 0 fully saturated rings. The number of anilines is 1. The highest BCUT2D eigenvalue weighted by atomic mass is 16.5. The van der Waals surface area contributed by atoms with Gasteiger partial charge in [0.1, 0.15) is 11.6 Å². The second-order valence-electron chi connectivity index (χ2n) is 6.45. The number of rotatable bonds is 3. The first-order valence-electron chi connectivity index (χ1n) is 8.46. The molecule has 0 radical (unpaired) electrons. The number of benzene rings is 1. The number of carbonyl (C=O) groups is 1. The van der Waals surface area contributed by atoms with Crippen molar-refractivity contribution in [2.24, 2.45) is 0 Å². The molecule has 4 rings (SSSR count). The minimum atomic E-state index is -0.190. The van der Waals surface area contributed by atoms with E-state index in [0.29, 0.717) is 17.9 Å². The number of aromatic nitrogens is 2. The summed E-state index contributed by atoms with van der Waals surface area (Å²) < 4.78 is 12.6.